The van der Waals surface area contributed by atoms with Crippen molar-refractivity contribution in [3.63, 3.8) is 0 Å². The van der Waals surface area contributed by atoms with E-state index < -0.39 is 0 Å². The maximum atomic E-state index is 10.9. The molecule has 0 aromatic heterocycles. The first kappa shape index (κ1) is 8.46. The third-order valence-corrected chi connectivity index (χ3v) is 2.18. The summed E-state index contributed by atoms with van der Waals surface area (Å²) in [6.07, 6.45) is 2.24. The average Bonchev–Trinajstić information content (AvgIpc) is 2.53. The van der Waals surface area contributed by atoms with Crippen LogP contribution in [0.5, 0.6) is 0 Å². The number of hydrogen-bond donors (Lipinski definition) is 0. The Balaban J connectivity index is 2.46. The van der Waals surface area contributed by atoms with Crippen molar-refractivity contribution in [3.8, 4) is 0 Å². The molecule has 0 radical (unpaired) electrons. The van der Waals surface area contributed by atoms with E-state index in [0.29, 0.717) is 4.99 Å². The van der Waals surface area contributed by atoms with E-state index in [2.05, 4.69) is 4.74 Å². The summed E-state index contributed by atoms with van der Waals surface area (Å²) in [6.45, 7) is 1.79. The zero-order valence-electron chi connectivity index (χ0n) is 6.50. The van der Waals surface area contributed by atoms with Crippen LogP contribution in [0, 0.1) is 0 Å². The lowest BCUT2D eigenvalue weighted by Crippen LogP contribution is -2.33. The first-order chi connectivity index (χ1) is 5.25. The molecule has 1 fully saturated rings. The second-order valence-electron chi connectivity index (χ2n) is 2.49. The molecule has 0 atom stereocenters. The van der Waals surface area contributed by atoms with Crippen LogP contribution in [0.25, 0.3) is 0 Å². The van der Waals surface area contributed by atoms with Gasteiger partial charge in [0.1, 0.15) is 0 Å². The Bertz CT molecular complexity index is 175. The van der Waals surface area contributed by atoms with E-state index in [1.165, 1.54) is 7.11 Å². The van der Waals surface area contributed by atoms with Crippen LogP contribution in [0.2, 0.25) is 0 Å². The standard InChI is InChI=1S/C7H11NO2S/c1-10-7(9)6(11)8-4-2-3-5-8/h2-5H2,1H3. The molecule has 0 spiro atoms. The van der Waals surface area contributed by atoms with E-state index in [0.717, 1.165) is 25.9 Å². The third-order valence-electron chi connectivity index (χ3n) is 1.75. The second kappa shape index (κ2) is 3.67. The molecule has 1 heterocycles. The number of esters is 1. The maximum absolute atomic E-state index is 10.9. The van der Waals surface area contributed by atoms with Gasteiger partial charge in [0.15, 0.2) is 4.99 Å². The van der Waals surface area contributed by atoms with Crippen LogP contribution < -0.4 is 0 Å². The lowest BCUT2D eigenvalue weighted by Gasteiger charge is -2.15. The molecule has 0 aromatic rings. The van der Waals surface area contributed by atoms with Gasteiger partial charge < -0.3 is 9.64 Å². The summed E-state index contributed by atoms with van der Waals surface area (Å²) in [6, 6.07) is 0. The summed E-state index contributed by atoms with van der Waals surface area (Å²) >= 11 is 4.89. The fraction of sp³-hybridized carbons (Fsp3) is 0.714. The molecule has 3 nitrogen and oxygen atoms in total. The van der Waals surface area contributed by atoms with E-state index in [-0.39, 0.29) is 5.97 Å². The predicted octanol–water partition coefficient (Wildman–Crippen LogP) is 0.583. The summed E-state index contributed by atoms with van der Waals surface area (Å²) in [7, 11) is 1.35. The number of likely N-dealkylation sites (tertiary alicyclic amines) is 1. The molecule has 1 aliphatic heterocycles. The molecule has 0 aromatic carbocycles. The number of nitrogens with zero attached hydrogens (tertiary/aromatic N) is 1. The average molecular weight is 173 g/mol. The van der Waals surface area contributed by atoms with Gasteiger partial charge in [0.2, 0.25) is 0 Å². The van der Waals surface area contributed by atoms with Crippen LogP contribution in [0.15, 0.2) is 0 Å². The summed E-state index contributed by atoms with van der Waals surface area (Å²) in [5.41, 5.74) is 0. The van der Waals surface area contributed by atoms with Crippen LogP contribution in [0.3, 0.4) is 0 Å². The van der Waals surface area contributed by atoms with Crippen LogP contribution in [-0.4, -0.2) is 36.1 Å². The molecular weight excluding hydrogens is 162 g/mol. The fourth-order valence-corrected chi connectivity index (χ4v) is 1.40. The zero-order chi connectivity index (χ0) is 8.27. The van der Waals surface area contributed by atoms with E-state index in [1.807, 2.05) is 4.90 Å². The van der Waals surface area contributed by atoms with E-state index in [4.69, 9.17) is 12.2 Å². The Morgan fingerprint density at radius 2 is 2.00 bits per heavy atom. The van der Waals surface area contributed by atoms with Gasteiger partial charge in [-0.15, -0.1) is 0 Å². The van der Waals surface area contributed by atoms with E-state index in [9.17, 15) is 4.79 Å². The second-order valence-corrected chi connectivity index (χ2v) is 2.88. The number of ether oxygens (including phenoxy) is 1. The van der Waals surface area contributed by atoms with Gasteiger partial charge in [-0.3, -0.25) is 0 Å². The Morgan fingerprint density at radius 3 is 2.45 bits per heavy atom. The minimum atomic E-state index is -0.387. The lowest BCUT2D eigenvalue weighted by atomic mass is 10.4. The van der Waals surface area contributed by atoms with Gasteiger partial charge in [0, 0.05) is 13.1 Å². The van der Waals surface area contributed by atoms with Crippen molar-refractivity contribution in [2.45, 2.75) is 12.8 Å². The van der Waals surface area contributed by atoms with Crippen LogP contribution in [-0.2, 0) is 9.53 Å². The zero-order valence-corrected chi connectivity index (χ0v) is 7.32. The van der Waals surface area contributed by atoms with Crippen molar-refractivity contribution in [2.24, 2.45) is 0 Å². The molecule has 0 bridgehead atoms. The molecule has 4 heteroatoms. The van der Waals surface area contributed by atoms with Gasteiger partial charge in [0.25, 0.3) is 0 Å². The largest absolute Gasteiger partial charge is 0.464 e. The predicted molar refractivity (Wildman–Crippen MR) is 45.4 cm³/mol. The highest BCUT2D eigenvalue weighted by atomic mass is 32.1. The van der Waals surface area contributed by atoms with Gasteiger partial charge in [0.05, 0.1) is 7.11 Å². The Kier molecular flexibility index (Phi) is 2.82. The van der Waals surface area contributed by atoms with Gasteiger partial charge in [-0.1, -0.05) is 12.2 Å². The van der Waals surface area contributed by atoms with E-state index >= 15 is 0 Å². The summed E-state index contributed by atoms with van der Waals surface area (Å²) < 4.78 is 4.50. The molecule has 1 saturated heterocycles. The quantitative estimate of drug-likeness (QED) is 0.396. The van der Waals surface area contributed by atoms with Crippen LogP contribution >= 0.6 is 12.2 Å². The number of hydrogen-bond acceptors (Lipinski definition) is 3. The summed E-state index contributed by atoms with van der Waals surface area (Å²) in [5, 5.41) is 0. The topological polar surface area (TPSA) is 29.5 Å². The smallest absolute Gasteiger partial charge is 0.365 e. The molecule has 62 valence electrons. The maximum Gasteiger partial charge on any atom is 0.365 e. The van der Waals surface area contributed by atoms with Crippen molar-refractivity contribution < 1.29 is 9.53 Å². The first-order valence-electron chi connectivity index (χ1n) is 3.63. The van der Waals surface area contributed by atoms with Gasteiger partial charge >= 0.3 is 5.97 Å². The van der Waals surface area contributed by atoms with Crippen molar-refractivity contribution in [2.75, 3.05) is 20.2 Å². The highest BCUT2D eigenvalue weighted by Gasteiger charge is 2.20. The Labute approximate surface area is 71.3 Å². The minimum Gasteiger partial charge on any atom is -0.464 e. The van der Waals surface area contributed by atoms with Crippen molar-refractivity contribution >= 4 is 23.2 Å². The molecule has 1 rings (SSSR count). The Morgan fingerprint density at radius 1 is 1.45 bits per heavy atom. The number of rotatable bonds is 0. The fourth-order valence-electron chi connectivity index (χ4n) is 1.14. The minimum absolute atomic E-state index is 0.324. The lowest BCUT2D eigenvalue weighted by molar-refractivity contribution is -0.133. The van der Waals surface area contributed by atoms with Crippen LogP contribution in [0.1, 0.15) is 12.8 Å². The van der Waals surface area contributed by atoms with Gasteiger partial charge in [-0.2, -0.15) is 0 Å². The first-order valence-corrected chi connectivity index (χ1v) is 4.03. The Hall–Kier alpha value is -0.640. The van der Waals surface area contributed by atoms with E-state index in [1.54, 1.807) is 0 Å². The molecule has 0 aliphatic carbocycles. The van der Waals surface area contributed by atoms with Crippen molar-refractivity contribution in [1.29, 1.82) is 0 Å². The normalized spacial score (nSPS) is 16.6. The number of carbonyl (C=O) groups is 1. The molecule has 11 heavy (non-hydrogen) atoms. The summed E-state index contributed by atoms with van der Waals surface area (Å²) in [5.74, 6) is -0.387. The molecule has 1 aliphatic rings. The van der Waals surface area contributed by atoms with Gasteiger partial charge in [-0.05, 0) is 12.8 Å². The molecule has 0 N–H and O–H groups in total. The highest BCUT2D eigenvalue weighted by Crippen LogP contribution is 2.08. The van der Waals surface area contributed by atoms with Crippen molar-refractivity contribution in [1.82, 2.24) is 4.90 Å². The summed E-state index contributed by atoms with van der Waals surface area (Å²) in [4.78, 5) is 13.1. The monoisotopic (exact) mass is 173 g/mol. The SMILES string of the molecule is COC(=O)C(=S)N1CCCC1. The molecule has 0 amide bonds. The van der Waals surface area contributed by atoms with Gasteiger partial charge in [-0.25, -0.2) is 4.79 Å². The van der Waals surface area contributed by atoms with Crippen molar-refractivity contribution in [3.05, 3.63) is 0 Å². The number of methoxy groups -OCH3 is 1. The molecule has 0 saturated carbocycles. The molecule has 0 unspecified atom stereocenters. The number of thiocarbonyl (C=S) groups is 1. The van der Waals surface area contributed by atoms with Crippen LogP contribution in [0.4, 0.5) is 0 Å². The number of carbonyl (C=O) groups excluding carboxylic acids is 1. The molecular formula is C7H11NO2S. The highest BCUT2D eigenvalue weighted by molar-refractivity contribution is 7.81. The third kappa shape index (κ3) is 1.89.